The number of hydrogen-bond acceptors (Lipinski definition) is 4. The molecule has 5 nitrogen and oxygen atoms in total. The average molecular weight is 348 g/mol. The van der Waals surface area contributed by atoms with Crippen LogP contribution in [0.5, 0.6) is 0 Å². The molecule has 0 aliphatic carbocycles. The van der Waals surface area contributed by atoms with E-state index in [-0.39, 0.29) is 11.9 Å². The first-order chi connectivity index (χ1) is 12.6. The van der Waals surface area contributed by atoms with Crippen LogP contribution in [0.1, 0.15) is 22.0 Å². The Balaban J connectivity index is 1.62. The molecule has 0 bridgehead atoms. The predicted octanol–water partition coefficient (Wildman–Crippen LogP) is 2.78. The molecule has 0 saturated carbocycles. The van der Waals surface area contributed by atoms with E-state index in [9.17, 15) is 10.1 Å². The number of piperazine rings is 1. The molecular formula is C21H24N4O. The van der Waals surface area contributed by atoms with Gasteiger partial charge in [-0.25, -0.2) is 0 Å². The zero-order chi connectivity index (χ0) is 18.5. The Kier molecular flexibility index (Phi) is 5.55. The standard InChI is InChI=1S/C21H24N4O/c1-23(2)19-10-8-18(9-11-19)21(26)25-14-12-24(13-15-25)20(16-22)17-6-4-3-5-7-17/h3-11,20H,12-15H2,1-2H3. The summed E-state index contributed by atoms with van der Waals surface area (Å²) in [6.07, 6.45) is 0. The first kappa shape index (κ1) is 18.0. The van der Waals surface area contributed by atoms with Crippen LogP contribution in [0.3, 0.4) is 0 Å². The smallest absolute Gasteiger partial charge is 0.253 e. The third-order valence-electron chi connectivity index (χ3n) is 4.83. The molecule has 134 valence electrons. The lowest BCUT2D eigenvalue weighted by Gasteiger charge is -2.37. The normalized spacial score (nSPS) is 16.0. The zero-order valence-electron chi connectivity index (χ0n) is 15.3. The average Bonchev–Trinajstić information content (AvgIpc) is 2.69. The maximum absolute atomic E-state index is 12.7. The van der Waals surface area contributed by atoms with Gasteiger partial charge in [-0.2, -0.15) is 5.26 Å². The van der Waals surface area contributed by atoms with E-state index in [1.807, 2.05) is 78.5 Å². The van der Waals surface area contributed by atoms with Crippen molar-refractivity contribution in [2.24, 2.45) is 0 Å². The van der Waals surface area contributed by atoms with Gasteiger partial charge in [-0.1, -0.05) is 30.3 Å². The van der Waals surface area contributed by atoms with Crippen LogP contribution in [0, 0.1) is 11.3 Å². The number of anilines is 1. The monoisotopic (exact) mass is 348 g/mol. The van der Waals surface area contributed by atoms with Gasteiger partial charge in [0.15, 0.2) is 0 Å². The molecule has 5 heteroatoms. The summed E-state index contributed by atoms with van der Waals surface area (Å²) in [7, 11) is 3.96. The Hall–Kier alpha value is -2.84. The molecule has 1 atom stereocenters. The quantitative estimate of drug-likeness (QED) is 0.852. The van der Waals surface area contributed by atoms with E-state index in [4.69, 9.17) is 0 Å². The molecule has 26 heavy (non-hydrogen) atoms. The van der Waals surface area contributed by atoms with Crippen molar-refractivity contribution in [3.05, 3.63) is 65.7 Å². The molecule has 0 N–H and O–H groups in total. The van der Waals surface area contributed by atoms with Gasteiger partial charge in [0.1, 0.15) is 6.04 Å². The van der Waals surface area contributed by atoms with E-state index >= 15 is 0 Å². The van der Waals surface area contributed by atoms with Gasteiger partial charge in [-0.05, 0) is 29.8 Å². The van der Waals surface area contributed by atoms with Crippen LogP contribution in [0.15, 0.2) is 54.6 Å². The summed E-state index contributed by atoms with van der Waals surface area (Å²) in [6.45, 7) is 2.68. The highest BCUT2D eigenvalue weighted by Crippen LogP contribution is 2.22. The number of rotatable bonds is 4. The number of benzene rings is 2. The Morgan fingerprint density at radius 2 is 1.62 bits per heavy atom. The minimum absolute atomic E-state index is 0.0585. The van der Waals surface area contributed by atoms with Gasteiger partial charge in [-0.15, -0.1) is 0 Å². The van der Waals surface area contributed by atoms with Crippen LogP contribution < -0.4 is 4.90 Å². The van der Waals surface area contributed by atoms with Crippen molar-refractivity contribution in [3.63, 3.8) is 0 Å². The third-order valence-corrected chi connectivity index (χ3v) is 4.83. The number of amides is 1. The highest BCUT2D eigenvalue weighted by atomic mass is 16.2. The maximum Gasteiger partial charge on any atom is 0.253 e. The van der Waals surface area contributed by atoms with Crippen molar-refractivity contribution in [2.45, 2.75) is 6.04 Å². The van der Waals surface area contributed by atoms with Gasteiger partial charge in [0.05, 0.1) is 6.07 Å². The number of carbonyl (C=O) groups excluding carboxylic acids is 1. The second kappa shape index (κ2) is 8.03. The molecule has 1 fully saturated rings. The fourth-order valence-corrected chi connectivity index (χ4v) is 3.27. The lowest BCUT2D eigenvalue weighted by atomic mass is 10.1. The van der Waals surface area contributed by atoms with Gasteiger partial charge in [-0.3, -0.25) is 9.69 Å². The Morgan fingerprint density at radius 1 is 1.00 bits per heavy atom. The SMILES string of the molecule is CN(C)c1ccc(C(=O)N2CCN(C(C#N)c3ccccc3)CC2)cc1. The number of carbonyl (C=O) groups is 1. The molecule has 0 aromatic heterocycles. The topological polar surface area (TPSA) is 50.6 Å². The maximum atomic E-state index is 12.7. The van der Waals surface area contributed by atoms with E-state index < -0.39 is 0 Å². The fraction of sp³-hybridized carbons (Fsp3) is 0.333. The van der Waals surface area contributed by atoms with Gasteiger partial charge < -0.3 is 9.80 Å². The number of nitriles is 1. The molecule has 3 rings (SSSR count). The summed E-state index contributed by atoms with van der Waals surface area (Å²) in [5.74, 6) is 0.0585. The van der Waals surface area contributed by atoms with Crippen LogP contribution in [0.25, 0.3) is 0 Å². The first-order valence-electron chi connectivity index (χ1n) is 8.85. The molecule has 2 aromatic rings. The minimum Gasteiger partial charge on any atom is -0.378 e. The fourth-order valence-electron chi connectivity index (χ4n) is 3.27. The molecular weight excluding hydrogens is 324 g/mol. The molecule has 0 radical (unpaired) electrons. The summed E-state index contributed by atoms with van der Waals surface area (Å²) in [4.78, 5) is 18.8. The Labute approximate surface area is 155 Å². The van der Waals surface area contributed by atoms with Gasteiger partial charge in [0.25, 0.3) is 5.91 Å². The van der Waals surface area contributed by atoms with Crippen molar-refractivity contribution in [2.75, 3.05) is 45.2 Å². The molecule has 0 spiro atoms. The van der Waals surface area contributed by atoms with Crippen molar-refractivity contribution in [1.82, 2.24) is 9.80 Å². The van der Waals surface area contributed by atoms with Crippen LogP contribution in [0.4, 0.5) is 5.69 Å². The number of nitrogens with zero attached hydrogens (tertiary/aromatic N) is 4. The second-order valence-electron chi connectivity index (χ2n) is 6.71. The second-order valence-corrected chi connectivity index (χ2v) is 6.71. The zero-order valence-corrected chi connectivity index (χ0v) is 15.3. The van der Waals surface area contributed by atoms with Crippen molar-refractivity contribution in [1.29, 1.82) is 5.26 Å². The highest BCUT2D eigenvalue weighted by molar-refractivity contribution is 5.94. The van der Waals surface area contributed by atoms with E-state index in [0.717, 1.165) is 11.3 Å². The third kappa shape index (κ3) is 3.87. The van der Waals surface area contributed by atoms with Gasteiger partial charge in [0, 0.05) is 51.5 Å². The molecule has 1 aliphatic rings. The van der Waals surface area contributed by atoms with E-state index in [2.05, 4.69) is 11.0 Å². The molecule has 1 amide bonds. The van der Waals surface area contributed by atoms with E-state index in [1.165, 1.54) is 0 Å². The lowest BCUT2D eigenvalue weighted by molar-refractivity contribution is 0.0606. The van der Waals surface area contributed by atoms with E-state index in [0.29, 0.717) is 31.7 Å². The van der Waals surface area contributed by atoms with Crippen molar-refractivity contribution in [3.8, 4) is 6.07 Å². The summed E-state index contributed by atoms with van der Waals surface area (Å²) in [6, 6.07) is 19.7. The lowest BCUT2D eigenvalue weighted by Crippen LogP contribution is -2.49. The van der Waals surface area contributed by atoms with E-state index in [1.54, 1.807) is 0 Å². The summed E-state index contributed by atoms with van der Waals surface area (Å²) >= 11 is 0. The Bertz CT molecular complexity index is 772. The van der Waals surface area contributed by atoms with Crippen LogP contribution >= 0.6 is 0 Å². The molecule has 2 aromatic carbocycles. The first-order valence-corrected chi connectivity index (χ1v) is 8.85. The predicted molar refractivity (Wildman–Crippen MR) is 103 cm³/mol. The molecule has 1 heterocycles. The summed E-state index contributed by atoms with van der Waals surface area (Å²) < 4.78 is 0. The molecule has 1 saturated heterocycles. The van der Waals surface area contributed by atoms with Crippen LogP contribution in [-0.2, 0) is 0 Å². The highest BCUT2D eigenvalue weighted by Gasteiger charge is 2.27. The number of hydrogen-bond donors (Lipinski definition) is 0. The van der Waals surface area contributed by atoms with Gasteiger partial charge >= 0.3 is 0 Å². The molecule has 1 unspecified atom stereocenters. The molecule has 1 aliphatic heterocycles. The summed E-state index contributed by atoms with van der Waals surface area (Å²) in [5, 5.41) is 9.58. The van der Waals surface area contributed by atoms with Crippen molar-refractivity contribution >= 4 is 11.6 Å². The Morgan fingerprint density at radius 3 is 2.15 bits per heavy atom. The van der Waals surface area contributed by atoms with Gasteiger partial charge in [0.2, 0.25) is 0 Å². The van der Waals surface area contributed by atoms with Crippen LogP contribution in [0.2, 0.25) is 0 Å². The van der Waals surface area contributed by atoms with Crippen LogP contribution in [-0.4, -0.2) is 56.0 Å². The largest absolute Gasteiger partial charge is 0.378 e. The minimum atomic E-state index is -0.257. The summed E-state index contributed by atoms with van der Waals surface area (Å²) in [5.41, 5.74) is 2.80. The van der Waals surface area contributed by atoms with Crippen molar-refractivity contribution < 1.29 is 4.79 Å².